The second-order valence-corrected chi connectivity index (χ2v) is 5.95. The van der Waals surface area contributed by atoms with Gasteiger partial charge in [0.1, 0.15) is 12.4 Å². The highest BCUT2D eigenvalue weighted by atomic mass is 16.5. The van der Waals surface area contributed by atoms with Crippen LogP contribution in [0.15, 0.2) is 84.9 Å². The molecule has 0 aliphatic rings. The van der Waals surface area contributed by atoms with E-state index < -0.39 is 0 Å². The van der Waals surface area contributed by atoms with Crippen LogP contribution in [-0.2, 0) is 16.1 Å². The lowest BCUT2D eigenvalue weighted by molar-refractivity contribution is -0.137. The van der Waals surface area contributed by atoms with Crippen molar-refractivity contribution >= 4 is 12.0 Å². The summed E-state index contributed by atoms with van der Waals surface area (Å²) in [6, 6.07) is 26.0. The molecule has 0 heterocycles. The van der Waals surface area contributed by atoms with Gasteiger partial charge in [0.25, 0.3) is 0 Å². The van der Waals surface area contributed by atoms with E-state index in [1.54, 1.807) is 13.0 Å². The van der Waals surface area contributed by atoms with Crippen LogP contribution in [0.4, 0.5) is 0 Å². The van der Waals surface area contributed by atoms with E-state index in [4.69, 9.17) is 9.47 Å². The van der Waals surface area contributed by atoms with Crippen molar-refractivity contribution < 1.29 is 14.3 Å². The first-order chi connectivity index (χ1) is 13.3. The van der Waals surface area contributed by atoms with Crippen LogP contribution in [-0.4, -0.2) is 12.6 Å². The fourth-order valence-electron chi connectivity index (χ4n) is 2.77. The Bertz CT molecular complexity index is 899. The molecule has 0 saturated carbocycles. The van der Waals surface area contributed by atoms with E-state index in [0.29, 0.717) is 13.2 Å². The lowest BCUT2D eigenvalue weighted by Crippen LogP contribution is -2.00. The van der Waals surface area contributed by atoms with Crippen LogP contribution in [0.2, 0.25) is 0 Å². The number of rotatable bonds is 7. The zero-order chi connectivity index (χ0) is 18.9. The number of carbonyl (C=O) groups excluding carboxylic acids is 1. The molecule has 3 rings (SSSR count). The Balaban J connectivity index is 1.95. The van der Waals surface area contributed by atoms with Crippen molar-refractivity contribution in [1.82, 2.24) is 0 Å². The monoisotopic (exact) mass is 358 g/mol. The van der Waals surface area contributed by atoms with Crippen LogP contribution in [0.5, 0.6) is 5.75 Å². The highest BCUT2D eigenvalue weighted by Gasteiger charge is 2.11. The average Bonchev–Trinajstić information content (AvgIpc) is 2.72. The number of ether oxygens (including phenoxy) is 2. The molecule has 3 nitrogen and oxygen atoms in total. The van der Waals surface area contributed by atoms with Crippen LogP contribution in [0.25, 0.3) is 17.2 Å². The third-order valence-electron chi connectivity index (χ3n) is 4.04. The second-order valence-electron chi connectivity index (χ2n) is 5.95. The molecule has 0 bridgehead atoms. The maximum absolute atomic E-state index is 11.7. The van der Waals surface area contributed by atoms with Gasteiger partial charge in [0, 0.05) is 17.2 Å². The van der Waals surface area contributed by atoms with Gasteiger partial charge in [-0.1, -0.05) is 78.9 Å². The summed E-state index contributed by atoms with van der Waals surface area (Å²) in [5.41, 5.74) is 3.96. The molecule has 3 heteroatoms. The average molecular weight is 358 g/mol. The van der Waals surface area contributed by atoms with Gasteiger partial charge in [0.05, 0.1) is 6.61 Å². The van der Waals surface area contributed by atoms with Gasteiger partial charge in [-0.25, -0.2) is 4.79 Å². The quantitative estimate of drug-likeness (QED) is 0.413. The lowest BCUT2D eigenvalue weighted by atomic mass is 10.0. The van der Waals surface area contributed by atoms with Crippen molar-refractivity contribution in [2.45, 2.75) is 13.5 Å². The summed E-state index contributed by atoms with van der Waals surface area (Å²) in [4.78, 5) is 11.7. The molecule has 0 amide bonds. The largest absolute Gasteiger partial charge is 0.488 e. The van der Waals surface area contributed by atoms with E-state index >= 15 is 0 Å². The van der Waals surface area contributed by atoms with Crippen LogP contribution >= 0.6 is 0 Å². The van der Waals surface area contributed by atoms with Gasteiger partial charge >= 0.3 is 5.97 Å². The van der Waals surface area contributed by atoms with Gasteiger partial charge in [-0.15, -0.1) is 0 Å². The molecule has 0 radical (unpaired) electrons. The van der Waals surface area contributed by atoms with Gasteiger partial charge in [0.2, 0.25) is 0 Å². The minimum Gasteiger partial charge on any atom is -0.488 e. The van der Waals surface area contributed by atoms with Crippen molar-refractivity contribution in [3.05, 3.63) is 96.1 Å². The zero-order valence-electron chi connectivity index (χ0n) is 15.3. The Kier molecular flexibility index (Phi) is 6.42. The molecule has 0 saturated heterocycles. The molecule has 136 valence electrons. The molecular weight excluding hydrogens is 336 g/mol. The Labute approximate surface area is 159 Å². The maximum atomic E-state index is 11.7. The number of hydrogen-bond acceptors (Lipinski definition) is 3. The van der Waals surface area contributed by atoms with E-state index in [0.717, 1.165) is 28.0 Å². The molecule has 3 aromatic carbocycles. The van der Waals surface area contributed by atoms with Crippen molar-refractivity contribution in [3.8, 4) is 16.9 Å². The topological polar surface area (TPSA) is 35.5 Å². The summed E-state index contributed by atoms with van der Waals surface area (Å²) in [5, 5.41) is 0. The Morgan fingerprint density at radius 2 is 1.59 bits per heavy atom. The van der Waals surface area contributed by atoms with E-state index in [9.17, 15) is 4.79 Å². The summed E-state index contributed by atoms with van der Waals surface area (Å²) in [5.74, 6) is 0.379. The Morgan fingerprint density at radius 3 is 2.30 bits per heavy atom. The van der Waals surface area contributed by atoms with Crippen LogP contribution in [0.1, 0.15) is 18.1 Å². The van der Waals surface area contributed by atoms with E-state index in [2.05, 4.69) is 0 Å². The summed E-state index contributed by atoms with van der Waals surface area (Å²) < 4.78 is 11.2. The molecule has 0 spiro atoms. The second kappa shape index (κ2) is 9.39. The predicted molar refractivity (Wildman–Crippen MR) is 108 cm³/mol. The van der Waals surface area contributed by atoms with Crippen molar-refractivity contribution in [3.63, 3.8) is 0 Å². The van der Waals surface area contributed by atoms with Gasteiger partial charge < -0.3 is 9.47 Å². The van der Waals surface area contributed by atoms with Crippen molar-refractivity contribution in [2.75, 3.05) is 6.61 Å². The minimum absolute atomic E-state index is 0.352. The third kappa shape index (κ3) is 5.08. The first-order valence-electron chi connectivity index (χ1n) is 8.98. The zero-order valence-corrected chi connectivity index (χ0v) is 15.3. The smallest absolute Gasteiger partial charge is 0.330 e. The highest BCUT2D eigenvalue weighted by Crippen LogP contribution is 2.34. The SMILES string of the molecule is CCOC(=O)/C=C/c1cccc(-c2ccccc2)c1OCc1ccccc1. The highest BCUT2D eigenvalue weighted by molar-refractivity contribution is 5.88. The standard InChI is InChI=1S/C24H22O3/c1-2-26-23(25)17-16-21-14-9-15-22(20-12-7-4-8-13-20)24(21)27-18-19-10-5-3-6-11-19/h3-17H,2,18H2,1H3/b17-16+. The van der Waals surface area contributed by atoms with Crippen LogP contribution in [0.3, 0.4) is 0 Å². The Morgan fingerprint density at radius 1 is 0.889 bits per heavy atom. The van der Waals surface area contributed by atoms with Crippen molar-refractivity contribution in [1.29, 1.82) is 0 Å². The molecule has 27 heavy (non-hydrogen) atoms. The maximum Gasteiger partial charge on any atom is 0.330 e. The molecule has 0 unspecified atom stereocenters. The van der Waals surface area contributed by atoms with Gasteiger partial charge in [-0.3, -0.25) is 0 Å². The first-order valence-corrected chi connectivity index (χ1v) is 8.98. The number of esters is 1. The minimum atomic E-state index is -0.364. The molecule has 0 N–H and O–H groups in total. The molecule has 0 fully saturated rings. The third-order valence-corrected chi connectivity index (χ3v) is 4.04. The number of para-hydroxylation sites is 1. The fraction of sp³-hybridized carbons (Fsp3) is 0.125. The molecule has 0 aliphatic carbocycles. The summed E-state index contributed by atoms with van der Waals surface area (Å²) >= 11 is 0. The van der Waals surface area contributed by atoms with Crippen LogP contribution < -0.4 is 4.74 Å². The predicted octanol–water partition coefficient (Wildman–Crippen LogP) is 5.51. The summed E-state index contributed by atoms with van der Waals surface area (Å²) in [6.45, 7) is 2.59. The number of benzene rings is 3. The van der Waals surface area contributed by atoms with Gasteiger partial charge in [0.15, 0.2) is 0 Å². The van der Waals surface area contributed by atoms with Gasteiger partial charge in [-0.05, 0) is 24.1 Å². The van der Waals surface area contributed by atoms with Gasteiger partial charge in [-0.2, -0.15) is 0 Å². The molecule has 3 aromatic rings. The normalized spacial score (nSPS) is 10.7. The Hall–Kier alpha value is -3.33. The first kappa shape index (κ1) is 18.5. The molecular formula is C24H22O3. The fourth-order valence-corrected chi connectivity index (χ4v) is 2.77. The molecule has 0 aromatic heterocycles. The number of hydrogen-bond donors (Lipinski definition) is 0. The van der Waals surface area contributed by atoms with Crippen LogP contribution in [0, 0.1) is 0 Å². The summed E-state index contributed by atoms with van der Waals surface area (Å²) in [6.07, 6.45) is 3.17. The molecule has 0 aliphatic heterocycles. The molecule has 0 atom stereocenters. The van der Waals surface area contributed by atoms with E-state index in [-0.39, 0.29) is 5.97 Å². The lowest BCUT2D eigenvalue weighted by Gasteiger charge is -2.15. The van der Waals surface area contributed by atoms with Crippen molar-refractivity contribution in [2.24, 2.45) is 0 Å². The summed E-state index contributed by atoms with van der Waals surface area (Å²) in [7, 11) is 0. The number of carbonyl (C=O) groups is 1. The van der Waals surface area contributed by atoms with E-state index in [1.807, 2.05) is 78.9 Å². The van der Waals surface area contributed by atoms with E-state index in [1.165, 1.54) is 6.08 Å².